The minimum Gasteiger partial charge on any atom is -0.0579 e. The Bertz CT molecular complexity index is 216. The smallest absolute Gasteiger partial charge is 0.0257 e. The first-order valence-corrected chi connectivity index (χ1v) is 3.64. The van der Waals surface area contributed by atoms with Gasteiger partial charge in [-0.15, -0.1) is 0 Å². The lowest BCUT2D eigenvalue weighted by Gasteiger charge is -1.96. The lowest BCUT2D eigenvalue weighted by molar-refractivity contribution is 1.32. The van der Waals surface area contributed by atoms with Crippen molar-refractivity contribution >= 4 is 15.9 Å². The van der Waals surface area contributed by atoms with Gasteiger partial charge in [-0.05, 0) is 31.0 Å². The van der Waals surface area contributed by atoms with Gasteiger partial charge in [-0.3, -0.25) is 0 Å². The van der Waals surface area contributed by atoms with Gasteiger partial charge in [0, 0.05) is 10.5 Å². The fourth-order valence-electron chi connectivity index (χ4n) is 0.643. The number of aryl methyl sites for hydroxylation is 2. The van der Waals surface area contributed by atoms with Crippen molar-refractivity contribution in [3.63, 3.8) is 0 Å². The van der Waals surface area contributed by atoms with Crippen LogP contribution >= 0.6 is 15.9 Å². The van der Waals surface area contributed by atoms with Crippen LogP contribution in [0.15, 0.2) is 16.6 Å². The molecule has 0 bridgehead atoms. The van der Waals surface area contributed by atoms with E-state index in [2.05, 4.69) is 41.9 Å². The van der Waals surface area contributed by atoms with Crippen molar-refractivity contribution in [3.8, 4) is 0 Å². The summed E-state index contributed by atoms with van der Waals surface area (Å²) in [7, 11) is 0. The Kier molecular flexibility index (Phi) is 1.91. The van der Waals surface area contributed by atoms with Crippen LogP contribution in [-0.2, 0) is 0 Å². The quantitative estimate of drug-likeness (QED) is 0.581. The normalized spacial score (nSPS) is 9.67. The van der Waals surface area contributed by atoms with E-state index in [0.29, 0.717) is 0 Å². The Labute approximate surface area is 64.0 Å². The summed E-state index contributed by atoms with van der Waals surface area (Å²) >= 11 is 3.34. The molecule has 0 unspecified atom stereocenters. The zero-order valence-corrected chi connectivity index (χ0v) is 7.12. The molecule has 0 aliphatic heterocycles. The maximum Gasteiger partial charge on any atom is 0.0257 e. The van der Waals surface area contributed by atoms with Gasteiger partial charge in [-0.2, -0.15) is 0 Å². The van der Waals surface area contributed by atoms with Gasteiger partial charge >= 0.3 is 0 Å². The van der Waals surface area contributed by atoms with Crippen LogP contribution in [-0.4, -0.2) is 0 Å². The Morgan fingerprint density at radius 1 is 1.33 bits per heavy atom. The first-order valence-electron chi connectivity index (χ1n) is 2.85. The molecule has 0 aromatic heterocycles. The summed E-state index contributed by atoms with van der Waals surface area (Å²) < 4.78 is 1.03. The molecule has 0 spiro atoms. The highest BCUT2D eigenvalue weighted by molar-refractivity contribution is 9.10. The Morgan fingerprint density at radius 2 is 2.00 bits per heavy atom. The summed E-state index contributed by atoms with van der Waals surface area (Å²) in [5, 5.41) is 0. The van der Waals surface area contributed by atoms with Crippen LogP contribution < -0.4 is 0 Å². The minimum absolute atomic E-state index is 1.03. The van der Waals surface area contributed by atoms with Crippen LogP contribution in [0.3, 0.4) is 0 Å². The summed E-state index contributed by atoms with van der Waals surface area (Å²) in [5.74, 6) is 0. The summed E-state index contributed by atoms with van der Waals surface area (Å²) in [6.45, 7) is 4.14. The molecule has 1 radical (unpaired) electrons. The average Bonchev–Trinajstić information content (AvgIpc) is 1.80. The van der Waals surface area contributed by atoms with Crippen LogP contribution in [0.2, 0.25) is 0 Å². The number of halogens is 1. The molecule has 9 heavy (non-hydrogen) atoms. The van der Waals surface area contributed by atoms with E-state index in [9.17, 15) is 0 Å². The van der Waals surface area contributed by atoms with Gasteiger partial charge in [0.15, 0.2) is 0 Å². The highest BCUT2D eigenvalue weighted by Crippen LogP contribution is 2.13. The SMILES string of the molecule is Cc1[c]c(Br)ccc1C. The van der Waals surface area contributed by atoms with Gasteiger partial charge in [-0.25, -0.2) is 0 Å². The van der Waals surface area contributed by atoms with Crippen LogP contribution in [0.1, 0.15) is 11.1 Å². The molecule has 0 aliphatic rings. The van der Waals surface area contributed by atoms with Gasteiger partial charge in [0.1, 0.15) is 0 Å². The Balaban J connectivity index is 3.17. The van der Waals surface area contributed by atoms with E-state index in [0.717, 1.165) is 4.47 Å². The fraction of sp³-hybridized carbons (Fsp3) is 0.250. The molecule has 0 aliphatic carbocycles. The maximum atomic E-state index is 3.34. The van der Waals surface area contributed by atoms with Crippen molar-refractivity contribution in [1.82, 2.24) is 0 Å². The standard InChI is InChI=1S/C8H8Br/c1-6-3-4-8(9)5-7(6)2/h3-4H,1-2H3. The molecule has 0 fully saturated rings. The predicted octanol–water partition coefficient (Wildman–Crippen LogP) is 2.87. The van der Waals surface area contributed by atoms with Crippen molar-refractivity contribution in [2.45, 2.75) is 13.8 Å². The van der Waals surface area contributed by atoms with Gasteiger partial charge < -0.3 is 0 Å². The van der Waals surface area contributed by atoms with Crippen molar-refractivity contribution in [3.05, 3.63) is 33.8 Å². The average molecular weight is 184 g/mol. The van der Waals surface area contributed by atoms with E-state index in [1.54, 1.807) is 0 Å². The summed E-state index contributed by atoms with van der Waals surface area (Å²) in [4.78, 5) is 0. The topological polar surface area (TPSA) is 0 Å². The highest BCUT2D eigenvalue weighted by atomic mass is 79.9. The summed E-state index contributed by atoms with van der Waals surface area (Å²) in [6.07, 6.45) is 0. The molecule has 1 aromatic rings. The van der Waals surface area contributed by atoms with Gasteiger partial charge in [0.2, 0.25) is 0 Å². The molecule has 0 nitrogen and oxygen atoms in total. The van der Waals surface area contributed by atoms with E-state index in [1.807, 2.05) is 6.07 Å². The van der Waals surface area contributed by atoms with E-state index in [4.69, 9.17) is 0 Å². The second-order valence-corrected chi connectivity index (χ2v) is 2.97. The molecular weight excluding hydrogens is 176 g/mol. The molecule has 1 heteroatoms. The van der Waals surface area contributed by atoms with E-state index >= 15 is 0 Å². The molecule has 0 saturated carbocycles. The molecule has 0 N–H and O–H groups in total. The van der Waals surface area contributed by atoms with Crippen LogP contribution in [0.5, 0.6) is 0 Å². The van der Waals surface area contributed by atoms with Crippen molar-refractivity contribution < 1.29 is 0 Å². The lowest BCUT2D eigenvalue weighted by Crippen LogP contribution is -1.78. The van der Waals surface area contributed by atoms with Crippen LogP contribution in [0.25, 0.3) is 0 Å². The third-order valence-corrected chi connectivity index (χ3v) is 1.84. The molecule has 0 amide bonds. The van der Waals surface area contributed by atoms with Crippen LogP contribution in [0.4, 0.5) is 0 Å². The van der Waals surface area contributed by atoms with Crippen LogP contribution in [0, 0.1) is 19.9 Å². The number of hydrogen-bond donors (Lipinski definition) is 0. The minimum atomic E-state index is 1.03. The van der Waals surface area contributed by atoms with Crippen molar-refractivity contribution in [2.75, 3.05) is 0 Å². The van der Waals surface area contributed by atoms with Gasteiger partial charge in [-0.1, -0.05) is 22.0 Å². The summed E-state index contributed by atoms with van der Waals surface area (Å²) in [5.41, 5.74) is 2.50. The molecular formula is C8H8Br. The molecule has 0 saturated heterocycles. The number of benzene rings is 1. The fourth-order valence-corrected chi connectivity index (χ4v) is 1.07. The third kappa shape index (κ3) is 1.55. The second kappa shape index (κ2) is 2.53. The summed E-state index contributed by atoms with van der Waals surface area (Å²) in [6, 6.07) is 7.24. The monoisotopic (exact) mass is 183 g/mol. The molecule has 47 valence electrons. The van der Waals surface area contributed by atoms with Crippen molar-refractivity contribution in [1.29, 1.82) is 0 Å². The number of hydrogen-bond acceptors (Lipinski definition) is 0. The Morgan fingerprint density at radius 3 is 2.44 bits per heavy atom. The molecule has 1 aromatic carbocycles. The van der Waals surface area contributed by atoms with Gasteiger partial charge in [0.05, 0.1) is 0 Å². The predicted molar refractivity (Wildman–Crippen MR) is 42.5 cm³/mol. The highest BCUT2D eigenvalue weighted by Gasteiger charge is 1.91. The first-order chi connectivity index (χ1) is 4.20. The van der Waals surface area contributed by atoms with E-state index in [1.165, 1.54) is 11.1 Å². The Hall–Kier alpha value is -0.300. The first kappa shape index (κ1) is 6.81. The zero-order chi connectivity index (χ0) is 6.85. The van der Waals surface area contributed by atoms with Crippen molar-refractivity contribution in [2.24, 2.45) is 0 Å². The zero-order valence-electron chi connectivity index (χ0n) is 5.53. The second-order valence-electron chi connectivity index (χ2n) is 2.11. The maximum absolute atomic E-state index is 3.34. The molecule has 0 heterocycles. The molecule has 0 atom stereocenters. The van der Waals surface area contributed by atoms with E-state index in [-0.39, 0.29) is 0 Å². The van der Waals surface area contributed by atoms with Gasteiger partial charge in [0.25, 0.3) is 0 Å². The largest absolute Gasteiger partial charge is 0.0579 e. The lowest BCUT2D eigenvalue weighted by atomic mass is 10.1. The van der Waals surface area contributed by atoms with E-state index < -0.39 is 0 Å². The number of rotatable bonds is 0. The molecule has 1 rings (SSSR count). The third-order valence-electron chi connectivity index (χ3n) is 1.38.